The van der Waals surface area contributed by atoms with Gasteiger partial charge in [0.05, 0.1) is 10.9 Å². The van der Waals surface area contributed by atoms with Crippen molar-refractivity contribution in [2.75, 3.05) is 31.1 Å². The lowest BCUT2D eigenvalue weighted by molar-refractivity contribution is 0.165. The van der Waals surface area contributed by atoms with Crippen LogP contribution in [0.15, 0.2) is 47.4 Å². The summed E-state index contributed by atoms with van der Waals surface area (Å²) >= 11 is 0. The Morgan fingerprint density at radius 2 is 1.68 bits per heavy atom. The van der Waals surface area contributed by atoms with Gasteiger partial charge in [0, 0.05) is 31.9 Å². The van der Waals surface area contributed by atoms with Crippen molar-refractivity contribution in [2.24, 2.45) is 0 Å². The summed E-state index contributed by atoms with van der Waals surface area (Å²) in [7, 11) is -3.56. The van der Waals surface area contributed by atoms with Gasteiger partial charge in [0.1, 0.15) is 0 Å². The average molecular weight is 483 g/mol. The van der Waals surface area contributed by atoms with Crippen LogP contribution in [0.3, 0.4) is 0 Å². The highest BCUT2D eigenvalue weighted by Gasteiger charge is 2.30. The first-order chi connectivity index (χ1) is 16.3. The first kappa shape index (κ1) is 24.3. The van der Waals surface area contributed by atoms with Crippen LogP contribution in [0.25, 0.3) is 0 Å². The number of aryl methyl sites for hydroxylation is 2. The van der Waals surface area contributed by atoms with Crippen LogP contribution in [0.1, 0.15) is 48.3 Å². The molecule has 0 amide bonds. The van der Waals surface area contributed by atoms with Crippen LogP contribution in [-0.4, -0.2) is 59.7 Å². The van der Waals surface area contributed by atoms with E-state index in [9.17, 15) is 8.42 Å². The van der Waals surface area contributed by atoms with Crippen molar-refractivity contribution >= 4 is 15.5 Å². The molecule has 1 aliphatic rings. The standard InChI is InChI=1S/C25H34N6O2S/c1-5-7-24(30-16-14-29(15-17-30)23-9-6-8-20(3)21(23)4)25-26-27-28-31(25)18-34(32,33)22-12-10-19(2)11-13-22/h6,8-13,24H,5,7,14-18H2,1-4H3. The van der Waals surface area contributed by atoms with Gasteiger partial charge in [-0.1, -0.05) is 43.2 Å². The van der Waals surface area contributed by atoms with Crippen molar-refractivity contribution in [1.82, 2.24) is 25.1 Å². The number of benzene rings is 2. The van der Waals surface area contributed by atoms with Crippen molar-refractivity contribution in [1.29, 1.82) is 0 Å². The maximum absolute atomic E-state index is 13.0. The molecule has 182 valence electrons. The largest absolute Gasteiger partial charge is 0.369 e. The molecule has 9 heteroatoms. The second-order valence-electron chi connectivity index (χ2n) is 9.14. The number of rotatable bonds is 8. The molecule has 0 aliphatic carbocycles. The Labute approximate surface area is 202 Å². The zero-order chi connectivity index (χ0) is 24.3. The van der Waals surface area contributed by atoms with Crippen LogP contribution < -0.4 is 4.90 Å². The highest BCUT2D eigenvalue weighted by molar-refractivity contribution is 7.90. The molecule has 0 bridgehead atoms. The van der Waals surface area contributed by atoms with Gasteiger partial charge in [-0.15, -0.1) is 5.10 Å². The molecule has 3 aromatic rings. The third-order valence-corrected chi connectivity index (χ3v) is 8.34. The summed E-state index contributed by atoms with van der Waals surface area (Å²) in [5.41, 5.74) is 4.94. The topological polar surface area (TPSA) is 84.2 Å². The normalized spacial score (nSPS) is 16.1. The Bertz CT molecular complexity index is 1210. The van der Waals surface area contributed by atoms with Crippen molar-refractivity contribution in [3.63, 3.8) is 0 Å². The minimum absolute atomic E-state index is 0.0195. The smallest absolute Gasteiger partial charge is 0.198 e. The Hall–Kier alpha value is -2.78. The average Bonchev–Trinajstić information content (AvgIpc) is 3.27. The summed E-state index contributed by atoms with van der Waals surface area (Å²) in [5, 5.41) is 12.2. The zero-order valence-corrected chi connectivity index (χ0v) is 21.3. The highest BCUT2D eigenvalue weighted by atomic mass is 32.2. The van der Waals surface area contributed by atoms with Gasteiger partial charge >= 0.3 is 0 Å². The van der Waals surface area contributed by atoms with Crippen molar-refractivity contribution in [3.05, 3.63) is 65.0 Å². The number of hydrogen-bond donors (Lipinski definition) is 0. The van der Waals surface area contributed by atoms with Crippen LogP contribution in [0.5, 0.6) is 0 Å². The third-order valence-electron chi connectivity index (χ3n) is 6.76. The van der Waals surface area contributed by atoms with Crippen molar-refractivity contribution in [2.45, 2.75) is 57.4 Å². The lowest BCUT2D eigenvalue weighted by Crippen LogP contribution is -2.48. The van der Waals surface area contributed by atoms with E-state index in [1.165, 1.54) is 21.5 Å². The fourth-order valence-corrected chi connectivity index (χ4v) is 5.83. The van der Waals surface area contributed by atoms with Crippen LogP contribution in [0.2, 0.25) is 0 Å². The Morgan fingerprint density at radius 1 is 0.971 bits per heavy atom. The Balaban J connectivity index is 1.51. The van der Waals surface area contributed by atoms with E-state index in [2.05, 4.69) is 64.3 Å². The van der Waals surface area contributed by atoms with Gasteiger partial charge in [0.15, 0.2) is 21.5 Å². The number of tetrazole rings is 1. The number of sulfone groups is 1. The lowest BCUT2D eigenvalue weighted by Gasteiger charge is -2.40. The van der Waals surface area contributed by atoms with E-state index in [1.807, 2.05) is 19.1 Å². The van der Waals surface area contributed by atoms with E-state index in [-0.39, 0.29) is 16.8 Å². The lowest BCUT2D eigenvalue weighted by atomic mass is 10.1. The third kappa shape index (κ3) is 5.15. The molecule has 1 fully saturated rings. The molecule has 1 atom stereocenters. The predicted molar refractivity (Wildman–Crippen MR) is 134 cm³/mol. The molecule has 1 saturated heterocycles. The molecule has 2 heterocycles. The summed E-state index contributed by atoms with van der Waals surface area (Å²) in [5.74, 6) is 0.360. The molecule has 2 aromatic carbocycles. The summed E-state index contributed by atoms with van der Waals surface area (Å²) in [6.45, 7) is 12.0. The number of hydrogen-bond acceptors (Lipinski definition) is 7. The second-order valence-corrected chi connectivity index (χ2v) is 11.1. The first-order valence-corrected chi connectivity index (χ1v) is 13.6. The molecule has 1 unspecified atom stereocenters. The van der Waals surface area contributed by atoms with Gasteiger partial charge < -0.3 is 4.90 Å². The van der Waals surface area contributed by atoms with Gasteiger partial charge in [0.2, 0.25) is 0 Å². The molecule has 8 nitrogen and oxygen atoms in total. The predicted octanol–water partition coefficient (Wildman–Crippen LogP) is 3.69. The van der Waals surface area contributed by atoms with E-state index in [0.29, 0.717) is 5.82 Å². The van der Waals surface area contributed by atoms with E-state index in [1.54, 1.807) is 12.1 Å². The molecular formula is C25H34N6O2S. The molecule has 1 aliphatic heterocycles. The first-order valence-electron chi connectivity index (χ1n) is 11.9. The van der Waals surface area contributed by atoms with E-state index in [4.69, 9.17) is 0 Å². The van der Waals surface area contributed by atoms with Gasteiger partial charge in [0.25, 0.3) is 0 Å². The highest BCUT2D eigenvalue weighted by Crippen LogP contribution is 2.29. The number of aromatic nitrogens is 4. The molecule has 0 saturated carbocycles. The molecule has 4 rings (SSSR count). The fourth-order valence-electron chi connectivity index (χ4n) is 4.62. The summed E-state index contributed by atoms with van der Waals surface area (Å²) < 4.78 is 27.5. The van der Waals surface area contributed by atoms with Gasteiger partial charge in [-0.25, -0.2) is 13.1 Å². The SMILES string of the molecule is CCCC(c1nnnn1CS(=O)(=O)c1ccc(C)cc1)N1CCN(c2cccc(C)c2C)CC1. The number of anilines is 1. The van der Waals surface area contributed by atoms with E-state index >= 15 is 0 Å². The zero-order valence-electron chi connectivity index (χ0n) is 20.5. The van der Waals surface area contributed by atoms with Crippen molar-refractivity contribution < 1.29 is 8.42 Å². The molecule has 0 N–H and O–H groups in total. The van der Waals surface area contributed by atoms with Gasteiger partial charge in [-0.3, -0.25) is 4.90 Å². The van der Waals surface area contributed by atoms with Crippen LogP contribution in [0.4, 0.5) is 5.69 Å². The fraction of sp³-hybridized carbons (Fsp3) is 0.480. The maximum atomic E-state index is 13.0. The van der Waals surface area contributed by atoms with E-state index in [0.717, 1.165) is 44.6 Å². The van der Waals surface area contributed by atoms with Gasteiger partial charge in [-0.2, -0.15) is 0 Å². The number of piperazine rings is 1. The minimum Gasteiger partial charge on any atom is -0.369 e. The van der Waals surface area contributed by atoms with Crippen molar-refractivity contribution in [3.8, 4) is 0 Å². The summed E-state index contributed by atoms with van der Waals surface area (Å²) in [6, 6.07) is 13.3. The molecule has 0 spiro atoms. The molecule has 34 heavy (non-hydrogen) atoms. The monoisotopic (exact) mass is 482 g/mol. The van der Waals surface area contributed by atoms with Crippen LogP contribution in [0, 0.1) is 20.8 Å². The molecular weight excluding hydrogens is 448 g/mol. The van der Waals surface area contributed by atoms with Crippen LogP contribution in [-0.2, 0) is 15.7 Å². The number of nitrogens with zero attached hydrogens (tertiary/aromatic N) is 6. The van der Waals surface area contributed by atoms with E-state index < -0.39 is 9.84 Å². The molecule has 1 aromatic heterocycles. The molecule has 0 radical (unpaired) electrons. The quantitative estimate of drug-likeness (QED) is 0.484. The maximum Gasteiger partial charge on any atom is 0.198 e. The van der Waals surface area contributed by atoms with Gasteiger partial charge in [-0.05, 0) is 66.9 Å². The Morgan fingerprint density at radius 3 is 2.35 bits per heavy atom. The van der Waals surface area contributed by atoms with Crippen LogP contribution >= 0.6 is 0 Å². The minimum atomic E-state index is -3.56. The second kappa shape index (κ2) is 10.2. The Kier molecular flexibility index (Phi) is 7.33. The summed E-state index contributed by atoms with van der Waals surface area (Å²) in [4.78, 5) is 5.12. The summed E-state index contributed by atoms with van der Waals surface area (Å²) in [6.07, 6.45) is 1.83.